The van der Waals surface area contributed by atoms with Gasteiger partial charge in [-0.1, -0.05) is 18.2 Å². The van der Waals surface area contributed by atoms with Crippen LogP contribution in [-0.2, 0) is 4.79 Å². The molecule has 3 heterocycles. The molecule has 1 saturated heterocycles. The predicted octanol–water partition coefficient (Wildman–Crippen LogP) is 4.10. The van der Waals surface area contributed by atoms with Crippen molar-refractivity contribution < 1.29 is 23.1 Å². The number of aromatic nitrogens is 2. The number of nitrogens with one attached hydrogen (secondary N) is 1. The lowest BCUT2D eigenvalue weighted by Gasteiger charge is -2.20. The normalized spacial score (nSPS) is 14.7. The van der Waals surface area contributed by atoms with E-state index in [4.69, 9.17) is 14.9 Å². The first-order valence-corrected chi connectivity index (χ1v) is 10.2. The molecule has 0 spiro atoms. The summed E-state index contributed by atoms with van der Waals surface area (Å²) in [5.41, 5.74) is 2.27. The zero-order chi connectivity index (χ0) is 21.7. The molecule has 0 amide bonds. The molecule has 2 aromatic heterocycles. The number of rotatable bonds is 2. The number of hydrogen-bond donors (Lipinski definition) is 2. The smallest absolute Gasteiger partial charge is 0.475 e. The molecule has 6 nitrogen and oxygen atoms in total. The van der Waals surface area contributed by atoms with Crippen molar-refractivity contribution in [3.8, 4) is 10.6 Å². The van der Waals surface area contributed by atoms with Gasteiger partial charge in [-0.05, 0) is 36.9 Å². The first kappa shape index (κ1) is 22.0. The minimum absolute atomic E-state index is 0.973. The van der Waals surface area contributed by atoms with E-state index in [0.29, 0.717) is 0 Å². The lowest BCUT2D eigenvalue weighted by atomic mass is 10.1. The number of thiophene rings is 1. The van der Waals surface area contributed by atoms with Crippen LogP contribution in [0, 0.1) is 6.92 Å². The van der Waals surface area contributed by atoms with Gasteiger partial charge in [-0.3, -0.25) is 0 Å². The zero-order valence-electron chi connectivity index (χ0n) is 16.2. The molecule has 4 rings (SSSR count). The van der Waals surface area contributed by atoms with Gasteiger partial charge in [0, 0.05) is 24.3 Å². The van der Waals surface area contributed by atoms with Crippen molar-refractivity contribution in [3.63, 3.8) is 0 Å². The molecule has 1 aliphatic rings. The summed E-state index contributed by atoms with van der Waals surface area (Å²) in [6.45, 7) is 6.31. The largest absolute Gasteiger partial charge is 0.490 e. The Morgan fingerprint density at radius 3 is 2.53 bits per heavy atom. The standard InChI is InChI=1S/C18H20N4S.C2HF3O2/c1-13-14-5-2-3-6-16(14)23-18(13)15-11-21-17(12-20-15)22-9-4-7-19-8-10-22;3-2(4,5)1(6)7/h2-3,5-6,11-12,19H,4,7-10H2,1H3;(H,6,7). The van der Waals surface area contributed by atoms with Crippen LogP contribution in [0.25, 0.3) is 20.7 Å². The number of carbonyl (C=O) groups is 1. The predicted molar refractivity (Wildman–Crippen MR) is 111 cm³/mol. The third kappa shape index (κ3) is 5.25. The van der Waals surface area contributed by atoms with E-state index >= 15 is 0 Å². The molecule has 1 aromatic carbocycles. The number of aliphatic carboxylic acids is 1. The van der Waals surface area contributed by atoms with E-state index in [1.165, 1.54) is 20.5 Å². The highest BCUT2D eigenvalue weighted by atomic mass is 32.1. The quantitative estimate of drug-likeness (QED) is 0.627. The van der Waals surface area contributed by atoms with Crippen LogP contribution < -0.4 is 10.2 Å². The number of fused-ring (bicyclic) bond motifs is 1. The van der Waals surface area contributed by atoms with E-state index < -0.39 is 12.1 Å². The third-order valence-corrected chi connectivity index (χ3v) is 5.92. The number of carboxylic acids is 1. The van der Waals surface area contributed by atoms with Crippen LogP contribution in [0.4, 0.5) is 19.0 Å². The maximum atomic E-state index is 10.6. The highest BCUT2D eigenvalue weighted by molar-refractivity contribution is 7.22. The second kappa shape index (κ2) is 9.40. The Balaban J connectivity index is 0.000000318. The third-order valence-electron chi connectivity index (χ3n) is 4.62. The highest BCUT2D eigenvalue weighted by Gasteiger charge is 2.38. The van der Waals surface area contributed by atoms with Crippen molar-refractivity contribution in [2.75, 3.05) is 31.1 Å². The first-order chi connectivity index (χ1) is 14.3. The molecule has 0 radical (unpaired) electrons. The minimum Gasteiger partial charge on any atom is -0.475 e. The summed E-state index contributed by atoms with van der Waals surface area (Å²) in [7, 11) is 0. The van der Waals surface area contributed by atoms with Crippen molar-refractivity contribution in [2.45, 2.75) is 19.5 Å². The molecule has 0 unspecified atom stereocenters. The van der Waals surface area contributed by atoms with Gasteiger partial charge in [-0.25, -0.2) is 14.8 Å². The number of carboxylic acid groups (broad SMARTS) is 1. The van der Waals surface area contributed by atoms with Crippen LogP contribution in [0.5, 0.6) is 0 Å². The number of halogens is 3. The Kier molecular flexibility index (Phi) is 6.88. The number of aryl methyl sites for hydroxylation is 1. The second-order valence-electron chi connectivity index (χ2n) is 6.71. The van der Waals surface area contributed by atoms with Crippen molar-refractivity contribution in [1.82, 2.24) is 15.3 Å². The Hall–Kier alpha value is -2.72. The topological polar surface area (TPSA) is 78.4 Å². The fourth-order valence-corrected chi connectivity index (χ4v) is 4.27. The molecule has 160 valence electrons. The van der Waals surface area contributed by atoms with Gasteiger partial charge >= 0.3 is 12.1 Å². The van der Waals surface area contributed by atoms with Gasteiger partial charge in [-0.2, -0.15) is 13.2 Å². The van der Waals surface area contributed by atoms with E-state index in [2.05, 4.69) is 46.4 Å². The molecule has 2 N–H and O–H groups in total. The fraction of sp³-hybridized carbons (Fsp3) is 0.350. The van der Waals surface area contributed by atoms with Crippen molar-refractivity contribution >= 4 is 33.2 Å². The Labute approximate surface area is 175 Å². The van der Waals surface area contributed by atoms with Gasteiger partial charge in [0.2, 0.25) is 0 Å². The number of alkyl halides is 3. The Morgan fingerprint density at radius 1 is 1.17 bits per heavy atom. The van der Waals surface area contributed by atoms with E-state index in [1.54, 1.807) is 11.3 Å². The number of nitrogens with zero attached hydrogens (tertiary/aromatic N) is 3. The second-order valence-corrected chi connectivity index (χ2v) is 7.76. The molecule has 0 bridgehead atoms. The van der Waals surface area contributed by atoms with Gasteiger partial charge in [0.25, 0.3) is 0 Å². The summed E-state index contributed by atoms with van der Waals surface area (Å²) in [4.78, 5) is 21.8. The monoisotopic (exact) mass is 438 g/mol. The van der Waals surface area contributed by atoms with E-state index in [9.17, 15) is 13.2 Å². The Morgan fingerprint density at radius 2 is 1.90 bits per heavy atom. The molecule has 0 saturated carbocycles. The maximum Gasteiger partial charge on any atom is 0.490 e. The molecular weight excluding hydrogens is 417 g/mol. The lowest BCUT2D eigenvalue weighted by molar-refractivity contribution is -0.192. The molecular formula is C20H21F3N4O2S. The summed E-state index contributed by atoms with van der Waals surface area (Å²) in [6.07, 6.45) is -0.0886. The maximum absolute atomic E-state index is 10.6. The van der Waals surface area contributed by atoms with Crippen LogP contribution in [0.1, 0.15) is 12.0 Å². The molecule has 1 fully saturated rings. The molecule has 0 aliphatic carbocycles. The van der Waals surface area contributed by atoms with Gasteiger partial charge in [0.1, 0.15) is 5.82 Å². The van der Waals surface area contributed by atoms with Crippen LogP contribution >= 0.6 is 11.3 Å². The molecule has 1 aliphatic heterocycles. The van der Waals surface area contributed by atoms with Crippen LogP contribution in [0.3, 0.4) is 0 Å². The first-order valence-electron chi connectivity index (χ1n) is 9.33. The molecule has 30 heavy (non-hydrogen) atoms. The summed E-state index contributed by atoms with van der Waals surface area (Å²) in [5.74, 6) is -1.77. The van der Waals surface area contributed by atoms with Crippen LogP contribution in [-0.4, -0.2) is 53.4 Å². The van der Waals surface area contributed by atoms with Crippen molar-refractivity contribution in [1.29, 1.82) is 0 Å². The molecule has 3 aromatic rings. The van der Waals surface area contributed by atoms with E-state index in [0.717, 1.165) is 44.1 Å². The summed E-state index contributed by atoms with van der Waals surface area (Å²) < 4.78 is 33.0. The average Bonchev–Trinajstić information content (AvgIpc) is 2.89. The van der Waals surface area contributed by atoms with Gasteiger partial charge < -0.3 is 15.3 Å². The fourth-order valence-electron chi connectivity index (χ4n) is 3.10. The van der Waals surface area contributed by atoms with Crippen molar-refractivity contribution in [2.24, 2.45) is 0 Å². The summed E-state index contributed by atoms with van der Waals surface area (Å²) in [6, 6.07) is 8.53. The van der Waals surface area contributed by atoms with E-state index in [1.807, 2.05) is 12.4 Å². The summed E-state index contributed by atoms with van der Waals surface area (Å²) in [5, 5.41) is 11.9. The molecule has 0 atom stereocenters. The van der Waals surface area contributed by atoms with Crippen LogP contribution in [0.15, 0.2) is 36.7 Å². The van der Waals surface area contributed by atoms with Gasteiger partial charge in [-0.15, -0.1) is 11.3 Å². The molecule has 10 heteroatoms. The van der Waals surface area contributed by atoms with E-state index in [-0.39, 0.29) is 0 Å². The number of hydrogen-bond acceptors (Lipinski definition) is 6. The lowest BCUT2D eigenvalue weighted by Crippen LogP contribution is -2.28. The van der Waals surface area contributed by atoms with Gasteiger partial charge in [0.05, 0.1) is 23.0 Å². The van der Waals surface area contributed by atoms with Crippen LogP contribution in [0.2, 0.25) is 0 Å². The highest BCUT2D eigenvalue weighted by Crippen LogP contribution is 2.36. The Bertz CT molecular complexity index is 997. The number of benzene rings is 1. The number of anilines is 1. The minimum atomic E-state index is -5.08. The van der Waals surface area contributed by atoms with Crippen molar-refractivity contribution in [3.05, 3.63) is 42.2 Å². The van der Waals surface area contributed by atoms with Gasteiger partial charge in [0.15, 0.2) is 0 Å². The SMILES string of the molecule is Cc1c(-c2cnc(N3CCCNCC3)cn2)sc2ccccc12.O=C(O)C(F)(F)F. The average molecular weight is 438 g/mol. The zero-order valence-corrected chi connectivity index (χ0v) is 17.1. The summed E-state index contributed by atoms with van der Waals surface area (Å²) >= 11 is 1.80.